The summed E-state index contributed by atoms with van der Waals surface area (Å²) < 4.78 is 40.4. The molecule has 3 aromatic rings. The lowest BCUT2D eigenvalue weighted by Crippen LogP contribution is -2.03. The summed E-state index contributed by atoms with van der Waals surface area (Å²) in [7, 11) is 0. The maximum Gasteiger partial charge on any atom is 0.701 e. The third-order valence-electron chi connectivity index (χ3n) is 2.74. The monoisotopic (exact) mass is 237 g/mol. The summed E-state index contributed by atoms with van der Waals surface area (Å²) in [5.41, 5.74) is 0.224. The maximum atomic E-state index is 13.0. The summed E-state index contributed by atoms with van der Waals surface area (Å²) in [5.74, 6) is 0. The Morgan fingerprint density at radius 1 is 0.706 bits per heavy atom. The van der Waals surface area contributed by atoms with E-state index in [9.17, 15) is 13.2 Å². The van der Waals surface area contributed by atoms with Crippen molar-refractivity contribution in [2.45, 2.75) is 6.36 Å². The first-order valence-electron chi connectivity index (χ1n) is 5.08. The van der Waals surface area contributed by atoms with E-state index in [4.69, 9.17) is 0 Å². The van der Waals surface area contributed by atoms with Gasteiger partial charge in [-0.15, -0.1) is 0 Å². The molecule has 3 rings (SSSR count). The van der Waals surface area contributed by atoms with E-state index in [1.54, 1.807) is 36.4 Å². The van der Waals surface area contributed by atoms with E-state index >= 15 is 0 Å². The number of rotatable bonds is 0. The van der Waals surface area contributed by atoms with Crippen LogP contribution in [0.15, 0.2) is 52.6 Å². The van der Waals surface area contributed by atoms with Crippen LogP contribution >= 0.6 is 0 Å². The van der Waals surface area contributed by atoms with Gasteiger partial charge < -0.3 is 4.05 Å². The SMILES string of the molecule is FC(F)(F)[o+]1c2ccccc2c2ccccc21. The molecule has 17 heavy (non-hydrogen) atoms. The first-order valence-corrected chi connectivity index (χ1v) is 5.08. The Morgan fingerprint density at radius 2 is 1.12 bits per heavy atom. The third-order valence-corrected chi connectivity index (χ3v) is 2.74. The van der Waals surface area contributed by atoms with E-state index in [0.29, 0.717) is 10.8 Å². The van der Waals surface area contributed by atoms with Crippen LogP contribution < -0.4 is 0 Å². The van der Waals surface area contributed by atoms with E-state index in [0.717, 1.165) is 0 Å². The van der Waals surface area contributed by atoms with E-state index in [1.807, 2.05) is 0 Å². The van der Waals surface area contributed by atoms with Crippen molar-refractivity contribution in [3.05, 3.63) is 48.5 Å². The molecule has 1 heterocycles. The summed E-state index contributed by atoms with van der Waals surface area (Å²) in [5, 5.41) is 1.18. The molecule has 0 aliphatic heterocycles. The highest BCUT2D eigenvalue weighted by molar-refractivity contribution is 6.05. The van der Waals surface area contributed by atoms with Crippen LogP contribution in [-0.2, 0) is 6.36 Å². The van der Waals surface area contributed by atoms with Gasteiger partial charge in [-0.25, -0.2) is 0 Å². The van der Waals surface area contributed by atoms with Gasteiger partial charge in [-0.1, -0.05) is 37.4 Å². The summed E-state index contributed by atoms with van der Waals surface area (Å²) >= 11 is 0. The van der Waals surface area contributed by atoms with E-state index in [2.05, 4.69) is 0 Å². The van der Waals surface area contributed by atoms with Gasteiger partial charge in [0.25, 0.3) is 11.2 Å². The molecule has 86 valence electrons. The summed E-state index contributed by atoms with van der Waals surface area (Å²) in [6.07, 6.45) is -4.48. The number of hydrogen-bond donors (Lipinski definition) is 0. The fourth-order valence-electron chi connectivity index (χ4n) is 2.10. The lowest BCUT2D eigenvalue weighted by Gasteiger charge is -2.06. The van der Waals surface area contributed by atoms with Gasteiger partial charge in [-0.2, -0.15) is 0 Å². The highest BCUT2D eigenvalue weighted by atomic mass is 19.4. The Hall–Kier alpha value is -1.97. The summed E-state index contributed by atoms with van der Waals surface area (Å²) in [4.78, 5) is 0. The van der Waals surface area contributed by atoms with E-state index in [1.165, 1.54) is 16.2 Å². The Balaban J connectivity index is 2.60. The molecule has 0 saturated carbocycles. The number of hydrogen-bond acceptors (Lipinski definition) is 0. The molecule has 0 aliphatic carbocycles. The lowest BCUT2D eigenvalue weighted by atomic mass is 10.2. The molecule has 2 aromatic carbocycles. The summed E-state index contributed by atoms with van der Waals surface area (Å²) in [6, 6.07) is 12.9. The van der Waals surface area contributed by atoms with E-state index in [-0.39, 0.29) is 11.2 Å². The quantitative estimate of drug-likeness (QED) is 0.496. The van der Waals surface area contributed by atoms with Gasteiger partial charge >= 0.3 is 6.36 Å². The lowest BCUT2D eigenvalue weighted by molar-refractivity contribution is -0.354. The molecular weight excluding hydrogens is 229 g/mol. The first kappa shape index (κ1) is 10.2. The number of halogens is 3. The van der Waals surface area contributed by atoms with Crippen LogP contribution in [0.25, 0.3) is 21.9 Å². The molecule has 0 fully saturated rings. The molecule has 1 nitrogen and oxygen atoms in total. The first-order chi connectivity index (χ1) is 8.09. The molecule has 0 unspecified atom stereocenters. The Labute approximate surface area is 94.8 Å². The Bertz CT molecular complexity index is 641. The molecule has 0 aliphatic rings. The highest BCUT2D eigenvalue weighted by Gasteiger charge is 2.44. The molecule has 0 radical (unpaired) electrons. The molecule has 0 atom stereocenters. The summed E-state index contributed by atoms with van der Waals surface area (Å²) in [6.45, 7) is 0. The Morgan fingerprint density at radius 3 is 1.53 bits per heavy atom. The topological polar surface area (TPSA) is 2.70 Å². The van der Waals surface area contributed by atoms with E-state index < -0.39 is 6.36 Å². The minimum atomic E-state index is -4.48. The third kappa shape index (κ3) is 1.40. The van der Waals surface area contributed by atoms with Gasteiger partial charge in [0.1, 0.15) is 0 Å². The van der Waals surface area contributed by atoms with Crippen molar-refractivity contribution in [1.82, 2.24) is 0 Å². The smallest absolute Gasteiger partial charge is 0.451 e. The van der Waals surface area contributed by atoms with Crippen molar-refractivity contribution >= 4 is 21.9 Å². The minimum Gasteiger partial charge on any atom is -0.451 e. The fourth-order valence-corrected chi connectivity index (χ4v) is 2.10. The number of furan rings is 1. The van der Waals surface area contributed by atoms with Gasteiger partial charge in [0.05, 0.1) is 10.8 Å². The van der Waals surface area contributed by atoms with Gasteiger partial charge in [0.15, 0.2) is 0 Å². The Kier molecular flexibility index (Phi) is 1.96. The van der Waals surface area contributed by atoms with Crippen LogP contribution in [0.5, 0.6) is 0 Å². The second-order valence-electron chi connectivity index (χ2n) is 3.74. The van der Waals surface area contributed by atoms with Crippen molar-refractivity contribution in [2.24, 2.45) is 0 Å². The second-order valence-corrected chi connectivity index (χ2v) is 3.74. The van der Waals surface area contributed by atoms with Crippen molar-refractivity contribution in [3.8, 4) is 0 Å². The molecule has 4 heteroatoms. The fraction of sp³-hybridized carbons (Fsp3) is 0.0769. The average Bonchev–Trinajstić information content (AvgIpc) is 2.63. The molecule has 0 spiro atoms. The zero-order chi connectivity index (χ0) is 12.0. The predicted octanol–water partition coefficient (Wildman–Crippen LogP) is 4.75. The van der Waals surface area contributed by atoms with Crippen LogP contribution in [-0.4, -0.2) is 0 Å². The average molecular weight is 237 g/mol. The molecular formula is C13H8F3O+. The zero-order valence-electron chi connectivity index (χ0n) is 8.66. The van der Waals surface area contributed by atoms with Gasteiger partial charge in [0, 0.05) is 12.1 Å². The highest BCUT2D eigenvalue weighted by Crippen LogP contribution is 2.43. The van der Waals surface area contributed by atoms with Crippen LogP contribution in [0, 0.1) is 0 Å². The number of fused-ring (bicyclic) bond motifs is 3. The number of alkyl halides is 3. The standard InChI is InChI=1S/C13H8F3O/c14-13(15,16)17-11-7-3-1-5-9(11)10-6-2-4-8-12(10)17/h1-8H/q+1. The largest absolute Gasteiger partial charge is 0.701 e. The van der Waals surface area contributed by atoms with Crippen LogP contribution in [0.1, 0.15) is 0 Å². The minimum absolute atomic E-state index is 0.112. The molecule has 0 N–H and O–H groups in total. The zero-order valence-corrected chi connectivity index (χ0v) is 8.66. The van der Waals surface area contributed by atoms with Crippen LogP contribution in [0.3, 0.4) is 0 Å². The van der Waals surface area contributed by atoms with Crippen molar-refractivity contribution in [1.29, 1.82) is 0 Å². The number of benzene rings is 2. The molecule has 0 amide bonds. The van der Waals surface area contributed by atoms with Gasteiger partial charge in [-0.3, -0.25) is 0 Å². The molecule has 1 aromatic heterocycles. The van der Waals surface area contributed by atoms with Crippen molar-refractivity contribution < 1.29 is 17.2 Å². The van der Waals surface area contributed by atoms with Crippen molar-refractivity contribution in [2.75, 3.05) is 0 Å². The van der Waals surface area contributed by atoms with Crippen LogP contribution in [0.4, 0.5) is 13.2 Å². The van der Waals surface area contributed by atoms with Gasteiger partial charge in [-0.05, 0) is 12.1 Å². The predicted molar refractivity (Wildman–Crippen MR) is 59.6 cm³/mol. The maximum absolute atomic E-state index is 13.0. The van der Waals surface area contributed by atoms with Gasteiger partial charge in [0.2, 0.25) is 0 Å². The molecule has 0 saturated heterocycles. The van der Waals surface area contributed by atoms with Crippen LogP contribution in [0.2, 0.25) is 0 Å². The number of para-hydroxylation sites is 2. The molecule has 0 bridgehead atoms. The normalized spacial score (nSPS) is 12.4. The second kappa shape index (κ2) is 3.26. The van der Waals surface area contributed by atoms with Crippen molar-refractivity contribution in [3.63, 3.8) is 0 Å².